The Balaban J connectivity index is 2.33. The summed E-state index contributed by atoms with van der Waals surface area (Å²) in [5, 5.41) is 5.70. The molecule has 1 aromatic rings. The van der Waals surface area contributed by atoms with Crippen LogP contribution in [0.4, 0.5) is 0 Å². The van der Waals surface area contributed by atoms with Crippen molar-refractivity contribution in [2.24, 2.45) is 0 Å². The highest BCUT2D eigenvalue weighted by atomic mass is 35.5. The number of hydrogen-bond donors (Lipinski definition) is 1. The summed E-state index contributed by atoms with van der Waals surface area (Å²) >= 11 is 7.04. The van der Waals surface area contributed by atoms with Gasteiger partial charge in [0.2, 0.25) is 5.91 Å². The highest BCUT2D eigenvalue weighted by Gasteiger charge is 2.10. The van der Waals surface area contributed by atoms with Crippen molar-refractivity contribution in [1.82, 2.24) is 10.3 Å². The highest BCUT2D eigenvalue weighted by Crippen LogP contribution is 2.14. The molecule has 0 aliphatic rings. The van der Waals surface area contributed by atoms with Crippen LogP contribution in [0.2, 0.25) is 0 Å². The summed E-state index contributed by atoms with van der Waals surface area (Å²) in [5.74, 6) is 0.562. The maximum atomic E-state index is 11.3. The van der Waals surface area contributed by atoms with Crippen molar-refractivity contribution in [1.29, 1.82) is 0 Å². The van der Waals surface area contributed by atoms with E-state index in [9.17, 15) is 4.79 Å². The molecule has 1 aromatic heterocycles. The first-order valence-electron chi connectivity index (χ1n) is 4.48. The van der Waals surface area contributed by atoms with E-state index in [1.54, 1.807) is 17.5 Å². The van der Waals surface area contributed by atoms with Crippen LogP contribution < -0.4 is 5.32 Å². The number of thiazole rings is 1. The van der Waals surface area contributed by atoms with Crippen LogP contribution >= 0.6 is 22.9 Å². The summed E-state index contributed by atoms with van der Waals surface area (Å²) in [4.78, 5) is 15.4. The molecule has 14 heavy (non-hydrogen) atoms. The van der Waals surface area contributed by atoms with Crippen LogP contribution in [0.1, 0.15) is 30.8 Å². The van der Waals surface area contributed by atoms with Crippen molar-refractivity contribution < 1.29 is 4.79 Å². The zero-order valence-electron chi connectivity index (χ0n) is 8.00. The summed E-state index contributed by atoms with van der Waals surface area (Å²) in [6.45, 7) is 1.93. The van der Waals surface area contributed by atoms with Gasteiger partial charge in [-0.2, -0.15) is 0 Å². The van der Waals surface area contributed by atoms with Crippen LogP contribution in [0.25, 0.3) is 0 Å². The van der Waals surface area contributed by atoms with Gasteiger partial charge in [-0.05, 0) is 13.3 Å². The fourth-order valence-electron chi connectivity index (χ4n) is 1.05. The molecule has 78 valence electrons. The minimum absolute atomic E-state index is 0.00201. The number of rotatable bonds is 5. The van der Waals surface area contributed by atoms with Crippen molar-refractivity contribution in [3.05, 3.63) is 16.6 Å². The van der Waals surface area contributed by atoms with Crippen LogP contribution in [0.15, 0.2) is 11.6 Å². The van der Waals surface area contributed by atoms with Crippen LogP contribution in [0.5, 0.6) is 0 Å². The molecule has 0 saturated carbocycles. The average molecular weight is 233 g/mol. The molecule has 0 radical (unpaired) electrons. The molecule has 0 saturated heterocycles. The lowest BCUT2D eigenvalue weighted by Gasteiger charge is -2.10. The number of nitrogens with one attached hydrogen (secondary N) is 1. The molecular weight excluding hydrogens is 220 g/mol. The molecule has 0 fully saturated rings. The predicted octanol–water partition coefficient (Wildman–Crippen LogP) is 2.34. The number of alkyl halides is 1. The molecule has 5 heteroatoms. The monoisotopic (exact) mass is 232 g/mol. The molecule has 1 amide bonds. The van der Waals surface area contributed by atoms with E-state index < -0.39 is 0 Å². The van der Waals surface area contributed by atoms with Gasteiger partial charge in [-0.15, -0.1) is 22.9 Å². The Morgan fingerprint density at radius 3 is 3.14 bits per heavy atom. The van der Waals surface area contributed by atoms with E-state index in [2.05, 4.69) is 10.3 Å². The normalized spacial score (nSPS) is 12.4. The van der Waals surface area contributed by atoms with Gasteiger partial charge in [-0.3, -0.25) is 4.79 Å². The van der Waals surface area contributed by atoms with E-state index in [0.29, 0.717) is 12.3 Å². The van der Waals surface area contributed by atoms with E-state index in [1.165, 1.54) is 0 Å². The second-order valence-corrected chi connectivity index (χ2v) is 4.26. The molecular formula is C9H13ClN2OS. The van der Waals surface area contributed by atoms with Crippen LogP contribution in [-0.2, 0) is 4.79 Å². The molecule has 1 atom stereocenters. The Labute approximate surface area is 92.5 Å². The first-order chi connectivity index (χ1) is 6.74. The van der Waals surface area contributed by atoms with Gasteiger partial charge >= 0.3 is 0 Å². The Hall–Kier alpha value is -0.610. The molecule has 1 unspecified atom stereocenters. The molecule has 0 aromatic carbocycles. The highest BCUT2D eigenvalue weighted by molar-refractivity contribution is 7.09. The second-order valence-electron chi connectivity index (χ2n) is 2.95. The van der Waals surface area contributed by atoms with Crippen LogP contribution in [-0.4, -0.2) is 16.8 Å². The lowest BCUT2D eigenvalue weighted by atomic mass is 10.3. The topological polar surface area (TPSA) is 42.0 Å². The molecule has 0 bridgehead atoms. The third kappa shape index (κ3) is 3.64. The number of hydrogen-bond acceptors (Lipinski definition) is 3. The largest absolute Gasteiger partial charge is 0.347 e. The van der Waals surface area contributed by atoms with Gasteiger partial charge in [0.15, 0.2) is 0 Å². The van der Waals surface area contributed by atoms with Gasteiger partial charge in [-0.25, -0.2) is 4.98 Å². The minimum atomic E-state index is -0.00201. The second kappa shape index (κ2) is 5.98. The zero-order chi connectivity index (χ0) is 10.4. The summed E-state index contributed by atoms with van der Waals surface area (Å²) in [6, 6.07) is -0.00201. The summed E-state index contributed by atoms with van der Waals surface area (Å²) in [5.41, 5.74) is 0. The van der Waals surface area contributed by atoms with E-state index in [4.69, 9.17) is 11.6 Å². The SMILES string of the molecule is CC(NC(=O)CCCCl)c1nccs1. The predicted molar refractivity (Wildman–Crippen MR) is 58.6 cm³/mol. The van der Waals surface area contributed by atoms with Crippen molar-refractivity contribution in [3.63, 3.8) is 0 Å². The van der Waals surface area contributed by atoms with E-state index >= 15 is 0 Å². The van der Waals surface area contributed by atoms with Gasteiger partial charge in [-0.1, -0.05) is 0 Å². The first kappa shape index (κ1) is 11.5. The maximum Gasteiger partial charge on any atom is 0.220 e. The van der Waals surface area contributed by atoms with Crippen molar-refractivity contribution in [3.8, 4) is 0 Å². The Morgan fingerprint density at radius 2 is 2.57 bits per heavy atom. The van der Waals surface area contributed by atoms with Gasteiger partial charge in [0.05, 0.1) is 6.04 Å². The first-order valence-corrected chi connectivity index (χ1v) is 5.90. The number of amides is 1. The number of halogens is 1. The lowest BCUT2D eigenvalue weighted by molar-refractivity contribution is -0.121. The fraction of sp³-hybridized carbons (Fsp3) is 0.556. The molecule has 1 heterocycles. The number of nitrogens with zero attached hydrogens (tertiary/aromatic N) is 1. The summed E-state index contributed by atoms with van der Waals surface area (Å²) in [7, 11) is 0. The standard InChI is InChI=1S/C9H13ClN2OS/c1-7(9-11-5-6-14-9)12-8(13)3-2-4-10/h5-7H,2-4H2,1H3,(H,12,13). The Kier molecular flexibility index (Phi) is 4.90. The molecule has 0 spiro atoms. The van der Waals surface area contributed by atoms with Gasteiger partial charge in [0.25, 0.3) is 0 Å². The smallest absolute Gasteiger partial charge is 0.220 e. The number of carbonyl (C=O) groups excluding carboxylic acids is 1. The third-order valence-electron chi connectivity index (χ3n) is 1.74. The molecule has 3 nitrogen and oxygen atoms in total. The molecule has 0 aliphatic heterocycles. The lowest BCUT2D eigenvalue weighted by Crippen LogP contribution is -2.26. The molecule has 1 N–H and O–H groups in total. The van der Waals surface area contributed by atoms with Crippen LogP contribution in [0, 0.1) is 0 Å². The summed E-state index contributed by atoms with van der Waals surface area (Å²) < 4.78 is 0. The Bertz CT molecular complexity index is 276. The Morgan fingerprint density at radius 1 is 1.79 bits per heavy atom. The average Bonchev–Trinajstić information content (AvgIpc) is 2.67. The quantitative estimate of drug-likeness (QED) is 0.792. The van der Waals surface area contributed by atoms with E-state index in [1.807, 2.05) is 12.3 Å². The van der Waals surface area contributed by atoms with E-state index in [-0.39, 0.29) is 11.9 Å². The number of aromatic nitrogens is 1. The minimum Gasteiger partial charge on any atom is -0.347 e. The van der Waals surface area contributed by atoms with Crippen molar-refractivity contribution in [2.45, 2.75) is 25.8 Å². The number of carbonyl (C=O) groups is 1. The van der Waals surface area contributed by atoms with Gasteiger partial charge < -0.3 is 5.32 Å². The fourth-order valence-corrected chi connectivity index (χ4v) is 1.83. The van der Waals surface area contributed by atoms with Crippen molar-refractivity contribution >= 4 is 28.8 Å². The van der Waals surface area contributed by atoms with Crippen LogP contribution in [0.3, 0.4) is 0 Å². The van der Waals surface area contributed by atoms with Gasteiger partial charge in [0, 0.05) is 23.9 Å². The summed E-state index contributed by atoms with van der Waals surface area (Å²) in [6.07, 6.45) is 2.94. The van der Waals surface area contributed by atoms with Crippen molar-refractivity contribution in [2.75, 3.05) is 5.88 Å². The molecule has 0 aliphatic carbocycles. The molecule has 1 rings (SSSR count). The zero-order valence-corrected chi connectivity index (χ0v) is 9.57. The van der Waals surface area contributed by atoms with Gasteiger partial charge in [0.1, 0.15) is 5.01 Å². The third-order valence-corrected chi connectivity index (χ3v) is 2.96. The van der Waals surface area contributed by atoms with E-state index in [0.717, 1.165) is 11.4 Å². The maximum absolute atomic E-state index is 11.3.